The Bertz CT molecular complexity index is 318. The third kappa shape index (κ3) is 2.57. The van der Waals surface area contributed by atoms with Crippen LogP contribution in [0.4, 0.5) is 0 Å². The lowest BCUT2D eigenvalue weighted by Crippen LogP contribution is -2.44. The van der Waals surface area contributed by atoms with Crippen LogP contribution in [0.25, 0.3) is 0 Å². The van der Waals surface area contributed by atoms with Crippen LogP contribution in [0.2, 0.25) is 0 Å². The number of sulfonamides is 1. The lowest BCUT2D eigenvalue weighted by atomic mass is 9.95. The molecular weight excluding hydrogens is 226 g/mol. The fourth-order valence-electron chi connectivity index (χ4n) is 2.54. The number of hydrogen-bond acceptors (Lipinski definition) is 3. The molecule has 2 rings (SSSR count). The molecule has 0 aromatic heterocycles. The van der Waals surface area contributed by atoms with Crippen molar-refractivity contribution in [2.75, 3.05) is 13.2 Å². The highest BCUT2D eigenvalue weighted by molar-refractivity contribution is 7.90. The standard InChI is InChI=1S/C11H21NO3S/c13-9-8-12(10-4-2-1-3-5-10)16(14,15)11-6-7-11/h10-11,13H,1-9H2. The molecule has 0 heterocycles. The van der Waals surface area contributed by atoms with Gasteiger partial charge in [-0.3, -0.25) is 0 Å². The monoisotopic (exact) mass is 247 g/mol. The second kappa shape index (κ2) is 5.02. The third-order valence-corrected chi connectivity index (χ3v) is 6.02. The van der Waals surface area contributed by atoms with Crippen molar-refractivity contribution in [3.63, 3.8) is 0 Å². The smallest absolute Gasteiger partial charge is 0.217 e. The van der Waals surface area contributed by atoms with Gasteiger partial charge in [-0.15, -0.1) is 0 Å². The summed E-state index contributed by atoms with van der Waals surface area (Å²) >= 11 is 0. The Kier molecular flexibility index (Phi) is 3.87. The number of hydrogen-bond donors (Lipinski definition) is 1. The molecule has 4 nitrogen and oxygen atoms in total. The van der Waals surface area contributed by atoms with Gasteiger partial charge in [-0.05, 0) is 25.7 Å². The van der Waals surface area contributed by atoms with Crippen LogP contribution < -0.4 is 0 Å². The van der Waals surface area contributed by atoms with E-state index >= 15 is 0 Å². The van der Waals surface area contributed by atoms with Crippen molar-refractivity contribution in [2.45, 2.75) is 56.2 Å². The van der Waals surface area contributed by atoms with Crippen molar-refractivity contribution in [3.8, 4) is 0 Å². The second-order valence-corrected chi connectivity index (χ2v) is 7.04. The summed E-state index contributed by atoms with van der Waals surface area (Å²) in [4.78, 5) is 0. The van der Waals surface area contributed by atoms with Gasteiger partial charge in [0, 0.05) is 12.6 Å². The van der Waals surface area contributed by atoms with Crippen LogP contribution in [0.3, 0.4) is 0 Å². The highest BCUT2D eigenvalue weighted by Crippen LogP contribution is 2.34. The van der Waals surface area contributed by atoms with Gasteiger partial charge < -0.3 is 5.11 Å². The predicted octanol–water partition coefficient (Wildman–Crippen LogP) is 1.11. The maximum absolute atomic E-state index is 12.2. The van der Waals surface area contributed by atoms with Gasteiger partial charge in [-0.25, -0.2) is 8.42 Å². The van der Waals surface area contributed by atoms with Gasteiger partial charge in [0.25, 0.3) is 0 Å². The van der Waals surface area contributed by atoms with Crippen LogP contribution in [0.15, 0.2) is 0 Å². The Balaban J connectivity index is 2.08. The van der Waals surface area contributed by atoms with E-state index in [-0.39, 0.29) is 24.4 Å². The lowest BCUT2D eigenvalue weighted by molar-refractivity contribution is 0.199. The zero-order chi connectivity index (χ0) is 11.6. The first kappa shape index (κ1) is 12.3. The highest BCUT2D eigenvalue weighted by atomic mass is 32.2. The summed E-state index contributed by atoms with van der Waals surface area (Å²) in [6, 6.07) is 0.145. The summed E-state index contributed by atoms with van der Waals surface area (Å²) < 4.78 is 26.0. The molecule has 2 aliphatic carbocycles. The molecule has 2 saturated carbocycles. The van der Waals surface area contributed by atoms with E-state index in [0.29, 0.717) is 0 Å². The van der Waals surface area contributed by atoms with Gasteiger partial charge in [0.2, 0.25) is 10.0 Å². The van der Waals surface area contributed by atoms with Crippen molar-refractivity contribution in [2.24, 2.45) is 0 Å². The minimum absolute atomic E-state index is 0.0670. The van der Waals surface area contributed by atoms with Crippen LogP contribution in [-0.4, -0.2) is 42.3 Å². The van der Waals surface area contributed by atoms with Crippen LogP contribution in [0, 0.1) is 0 Å². The first-order chi connectivity index (χ1) is 7.66. The van der Waals surface area contributed by atoms with Gasteiger partial charge in [0.1, 0.15) is 0 Å². The molecule has 0 bridgehead atoms. The molecule has 2 fully saturated rings. The van der Waals surface area contributed by atoms with Gasteiger partial charge in [-0.1, -0.05) is 19.3 Å². The number of aliphatic hydroxyl groups excluding tert-OH is 1. The first-order valence-electron chi connectivity index (χ1n) is 6.28. The zero-order valence-electron chi connectivity index (χ0n) is 9.64. The van der Waals surface area contributed by atoms with Crippen molar-refractivity contribution in [3.05, 3.63) is 0 Å². The lowest BCUT2D eigenvalue weighted by Gasteiger charge is -2.33. The highest BCUT2D eigenvalue weighted by Gasteiger charge is 2.42. The molecule has 1 N–H and O–H groups in total. The van der Waals surface area contributed by atoms with Crippen LogP contribution >= 0.6 is 0 Å². The summed E-state index contributed by atoms with van der Waals surface area (Å²) in [5, 5.41) is 8.87. The van der Waals surface area contributed by atoms with Crippen molar-refractivity contribution in [1.29, 1.82) is 0 Å². The summed E-state index contributed by atoms with van der Waals surface area (Å²) in [6.45, 7) is 0.214. The van der Waals surface area contributed by atoms with Gasteiger partial charge in [0.05, 0.1) is 11.9 Å². The average Bonchev–Trinajstić information content (AvgIpc) is 3.11. The Morgan fingerprint density at radius 2 is 1.69 bits per heavy atom. The maximum Gasteiger partial charge on any atom is 0.217 e. The number of aliphatic hydroxyl groups is 1. The summed E-state index contributed by atoms with van der Waals surface area (Å²) in [7, 11) is -3.12. The van der Waals surface area contributed by atoms with E-state index in [1.54, 1.807) is 4.31 Å². The summed E-state index contributed by atoms with van der Waals surface area (Å²) in [6.07, 6.45) is 6.98. The average molecular weight is 247 g/mol. The fourth-order valence-corrected chi connectivity index (χ4v) is 4.62. The zero-order valence-corrected chi connectivity index (χ0v) is 10.5. The van der Waals surface area contributed by atoms with Crippen molar-refractivity contribution < 1.29 is 13.5 Å². The molecule has 0 aliphatic heterocycles. The second-order valence-electron chi connectivity index (χ2n) is 4.87. The Labute approximate surface area is 97.7 Å². The van der Waals surface area contributed by atoms with Crippen molar-refractivity contribution >= 4 is 10.0 Å². The van der Waals surface area contributed by atoms with Gasteiger partial charge in [0.15, 0.2) is 0 Å². The molecule has 0 aromatic carbocycles. The van der Waals surface area contributed by atoms with Crippen LogP contribution in [0.5, 0.6) is 0 Å². The molecule has 0 atom stereocenters. The van der Waals surface area contributed by atoms with E-state index in [4.69, 9.17) is 5.11 Å². The van der Waals surface area contributed by atoms with Gasteiger partial charge in [-0.2, -0.15) is 4.31 Å². The molecule has 94 valence electrons. The summed E-state index contributed by atoms with van der Waals surface area (Å²) in [5.41, 5.74) is 0. The Hall–Kier alpha value is -0.130. The molecule has 2 aliphatic rings. The van der Waals surface area contributed by atoms with Crippen molar-refractivity contribution in [1.82, 2.24) is 4.31 Å². The number of nitrogens with zero attached hydrogens (tertiary/aromatic N) is 1. The van der Waals surface area contributed by atoms with Gasteiger partial charge >= 0.3 is 0 Å². The minimum atomic E-state index is -3.12. The minimum Gasteiger partial charge on any atom is -0.395 e. The quantitative estimate of drug-likeness (QED) is 0.791. The molecule has 16 heavy (non-hydrogen) atoms. The molecule has 0 amide bonds. The largest absolute Gasteiger partial charge is 0.395 e. The molecule has 0 aromatic rings. The number of rotatable bonds is 5. The normalized spacial score (nSPS) is 23.9. The topological polar surface area (TPSA) is 57.6 Å². The van der Waals surface area contributed by atoms with E-state index < -0.39 is 10.0 Å². The molecule has 0 radical (unpaired) electrons. The predicted molar refractivity (Wildman–Crippen MR) is 62.6 cm³/mol. The molecule has 5 heteroatoms. The van der Waals surface area contributed by atoms with E-state index in [0.717, 1.165) is 38.5 Å². The Morgan fingerprint density at radius 1 is 1.06 bits per heavy atom. The van der Waals surface area contributed by atoms with E-state index in [1.165, 1.54) is 6.42 Å². The molecule has 0 unspecified atom stereocenters. The fraction of sp³-hybridized carbons (Fsp3) is 1.00. The Morgan fingerprint density at radius 3 is 2.19 bits per heavy atom. The molecule has 0 spiro atoms. The third-order valence-electron chi connectivity index (χ3n) is 3.57. The summed E-state index contributed by atoms with van der Waals surface area (Å²) in [5.74, 6) is 0. The molecule has 0 saturated heterocycles. The van der Waals surface area contributed by atoms with E-state index in [1.807, 2.05) is 0 Å². The van der Waals surface area contributed by atoms with Crippen LogP contribution in [0.1, 0.15) is 44.9 Å². The van der Waals surface area contributed by atoms with E-state index in [9.17, 15) is 8.42 Å². The SMILES string of the molecule is O=S(=O)(C1CC1)N(CCO)C1CCCCC1. The van der Waals surface area contributed by atoms with Crippen LogP contribution in [-0.2, 0) is 10.0 Å². The van der Waals surface area contributed by atoms with E-state index in [2.05, 4.69) is 0 Å². The maximum atomic E-state index is 12.2. The molecular formula is C11H21NO3S. The first-order valence-corrected chi connectivity index (χ1v) is 7.78.